The summed E-state index contributed by atoms with van der Waals surface area (Å²) in [6.07, 6.45) is 5.36. The fourth-order valence-electron chi connectivity index (χ4n) is 0.676. The lowest BCUT2D eigenvalue weighted by Gasteiger charge is -2.01. The summed E-state index contributed by atoms with van der Waals surface area (Å²) in [5.41, 5.74) is 0. The quantitative estimate of drug-likeness (QED) is 0.688. The average Bonchev–Trinajstić information content (AvgIpc) is 2.07. The molecule has 0 radical (unpaired) electrons. The van der Waals surface area contributed by atoms with Crippen molar-refractivity contribution in [1.29, 1.82) is 0 Å². The fraction of sp³-hybridized carbons (Fsp3) is 0.429. The molecule has 0 atom stereocenters. The number of nitrogens with one attached hydrogen (secondary N) is 1. The molecule has 60 valence electrons. The Morgan fingerprint density at radius 2 is 2.55 bits per heavy atom. The summed E-state index contributed by atoms with van der Waals surface area (Å²) in [5, 5.41) is 3.17. The van der Waals surface area contributed by atoms with Crippen LogP contribution in [0.3, 0.4) is 0 Å². The number of hydrogen-bond acceptors (Lipinski definition) is 4. The van der Waals surface area contributed by atoms with E-state index in [1.54, 1.807) is 12.5 Å². The summed E-state index contributed by atoms with van der Waals surface area (Å²) < 4.78 is 0. The Bertz CT molecular complexity index is 190. The largest absolute Gasteiger partial charge is 0.369 e. The molecule has 1 heterocycles. The SMILES string of the molecule is CSCCNc1ccncn1. The van der Waals surface area contributed by atoms with Crippen LogP contribution in [0, 0.1) is 0 Å². The number of nitrogens with zero attached hydrogens (tertiary/aromatic N) is 2. The molecule has 0 aliphatic rings. The van der Waals surface area contributed by atoms with Crippen LogP contribution in [0.1, 0.15) is 0 Å². The predicted molar refractivity (Wildman–Crippen MR) is 48.9 cm³/mol. The van der Waals surface area contributed by atoms with Crippen LogP contribution in [-0.4, -0.2) is 28.5 Å². The molecule has 1 N–H and O–H groups in total. The Balaban J connectivity index is 2.28. The third kappa shape index (κ3) is 3.23. The van der Waals surface area contributed by atoms with Crippen molar-refractivity contribution in [2.75, 3.05) is 23.9 Å². The van der Waals surface area contributed by atoms with E-state index in [4.69, 9.17) is 0 Å². The molecule has 1 aromatic rings. The van der Waals surface area contributed by atoms with Crippen molar-refractivity contribution in [2.45, 2.75) is 0 Å². The second kappa shape index (κ2) is 4.96. The lowest BCUT2D eigenvalue weighted by Crippen LogP contribution is -2.04. The van der Waals surface area contributed by atoms with Crippen molar-refractivity contribution in [3.8, 4) is 0 Å². The van der Waals surface area contributed by atoms with Gasteiger partial charge in [0, 0.05) is 18.5 Å². The molecular weight excluding hydrogens is 158 g/mol. The van der Waals surface area contributed by atoms with Gasteiger partial charge in [-0.3, -0.25) is 0 Å². The molecule has 0 aliphatic heterocycles. The van der Waals surface area contributed by atoms with Crippen LogP contribution in [0.2, 0.25) is 0 Å². The summed E-state index contributed by atoms with van der Waals surface area (Å²) >= 11 is 1.81. The van der Waals surface area contributed by atoms with E-state index in [0.29, 0.717) is 0 Å². The van der Waals surface area contributed by atoms with Gasteiger partial charge in [-0.25, -0.2) is 9.97 Å². The third-order valence-corrected chi connectivity index (χ3v) is 1.81. The van der Waals surface area contributed by atoms with Crippen LogP contribution in [0.15, 0.2) is 18.6 Å². The molecule has 0 aromatic carbocycles. The molecule has 0 aliphatic carbocycles. The van der Waals surface area contributed by atoms with Crippen LogP contribution in [0.25, 0.3) is 0 Å². The second-order valence-corrected chi connectivity index (χ2v) is 3.00. The van der Waals surface area contributed by atoms with Crippen molar-refractivity contribution in [3.63, 3.8) is 0 Å². The minimum Gasteiger partial charge on any atom is -0.369 e. The number of hydrogen-bond donors (Lipinski definition) is 1. The Morgan fingerprint density at radius 1 is 1.64 bits per heavy atom. The van der Waals surface area contributed by atoms with Gasteiger partial charge in [-0.05, 0) is 12.3 Å². The van der Waals surface area contributed by atoms with Gasteiger partial charge in [0.15, 0.2) is 0 Å². The zero-order valence-electron chi connectivity index (χ0n) is 6.45. The minimum atomic E-state index is 0.897. The van der Waals surface area contributed by atoms with Gasteiger partial charge in [0.25, 0.3) is 0 Å². The van der Waals surface area contributed by atoms with Gasteiger partial charge >= 0.3 is 0 Å². The highest BCUT2D eigenvalue weighted by Crippen LogP contribution is 1.98. The van der Waals surface area contributed by atoms with E-state index >= 15 is 0 Å². The van der Waals surface area contributed by atoms with Crippen molar-refractivity contribution >= 4 is 17.6 Å². The summed E-state index contributed by atoms with van der Waals surface area (Å²) in [6, 6.07) is 1.86. The van der Waals surface area contributed by atoms with Gasteiger partial charge < -0.3 is 5.32 Å². The van der Waals surface area contributed by atoms with Crippen LogP contribution in [-0.2, 0) is 0 Å². The Hall–Kier alpha value is -0.770. The first-order chi connectivity index (χ1) is 5.43. The molecule has 0 spiro atoms. The van der Waals surface area contributed by atoms with E-state index in [1.165, 1.54) is 0 Å². The summed E-state index contributed by atoms with van der Waals surface area (Å²) in [6.45, 7) is 0.957. The van der Waals surface area contributed by atoms with Crippen LogP contribution < -0.4 is 5.32 Å². The van der Waals surface area contributed by atoms with E-state index in [2.05, 4.69) is 21.5 Å². The van der Waals surface area contributed by atoms with Gasteiger partial charge in [-0.2, -0.15) is 11.8 Å². The number of aromatic nitrogens is 2. The molecule has 3 nitrogen and oxygen atoms in total. The molecule has 0 fully saturated rings. The molecule has 1 aromatic heterocycles. The molecule has 4 heteroatoms. The molecule has 0 saturated carbocycles. The molecule has 0 saturated heterocycles. The molecule has 0 amide bonds. The maximum atomic E-state index is 4.02. The molecule has 0 unspecified atom stereocenters. The van der Waals surface area contributed by atoms with E-state index in [9.17, 15) is 0 Å². The molecular formula is C7H11N3S. The van der Waals surface area contributed by atoms with Crippen LogP contribution in [0.4, 0.5) is 5.82 Å². The molecule has 1 rings (SSSR count). The fourth-order valence-corrected chi connectivity index (χ4v) is 0.983. The van der Waals surface area contributed by atoms with Crippen LogP contribution >= 0.6 is 11.8 Å². The highest BCUT2D eigenvalue weighted by molar-refractivity contribution is 7.98. The van der Waals surface area contributed by atoms with Crippen molar-refractivity contribution in [1.82, 2.24) is 9.97 Å². The Labute approximate surface area is 70.6 Å². The number of thioether (sulfide) groups is 1. The van der Waals surface area contributed by atoms with Gasteiger partial charge in [0.05, 0.1) is 0 Å². The molecule has 0 bridgehead atoms. The summed E-state index contributed by atoms with van der Waals surface area (Å²) in [5.74, 6) is 2.00. The lowest BCUT2D eigenvalue weighted by molar-refractivity contribution is 1.12. The van der Waals surface area contributed by atoms with Crippen molar-refractivity contribution < 1.29 is 0 Å². The summed E-state index contributed by atoms with van der Waals surface area (Å²) in [4.78, 5) is 7.84. The first-order valence-electron chi connectivity index (χ1n) is 3.42. The first-order valence-corrected chi connectivity index (χ1v) is 4.81. The van der Waals surface area contributed by atoms with E-state index in [0.717, 1.165) is 18.1 Å². The van der Waals surface area contributed by atoms with Gasteiger partial charge in [0.1, 0.15) is 12.1 Å². The van der Waals surface area contributed by atoms with E-state index in [-0.39, 0.29) is 0 Å². The van der Waals surface area contributed by atoms with Crippen LogP contribution in [0.5, 0.6) is 0 Å². The highest BCUT2D eigenvalue weighted by Gasteiger charge is 1.88. The number of rotatable bonds is 4. The van der Waals surface area contributed by atoms with Crippen molar-refractivity contribution in [3.05, 3.63) is 18.6 Å². The molecule has 11 heavy (non-hydrogen) atoms. The van der Waals surface area contributed by atoms with Gasteiger partial charge in [0.2, 0.25) is 0 Å². The first kappa shape index (κ1) is 8.33. The standard InChI is InChI=1S/C7H11N3S/c1-11-5-4-9-7-2-3-8-6-10-7/h2-3,6H,4-5H2,1H3,(H,8,9,10). The maximum absolute atomic E-state index is 4.02. The Kier molecular flexibility index (Phi) is 3.75. The van der Waals surface area contributed by atoms with E-state index in [1.807, 2.05) is 17.8 Å². The predicted octanol–water partition coefficient (Wildman–Crippen LogP) is 1.25. The summed E-state index contributed by atoms with van der Waals surface area (Å²) in [7, 11) is 0. The Morgan fingerprint density at radius 3 is 3.18 bits per heavy atom. The zero-order chi connectivity index (χ0) is 7.94. The highest BCUT2D eigenvalue weighted by atomic mass is 32.2. The topological polar surface area (TPSA) is 37.8 Å². The zero-order valence-corrected chi connectivity index (χ0v) is 7.27. The second-order valence-electron chi connectivity index (χ2n) is 2.01. The normalized spacial score (nSPS) is 9.55. The van der Waals surface area contributed by atoms with Gasteiger partial charge in [-0.1, -0.05) is 0 Å². The number of anilines is 1. The minimum absolute atomic E-state index is 0.897. The lowest BCUT2D eigenvalue weighted by atomic mass is 10.6. The maximum Gasteiger partial charge on any atom is 0.129 e. The third-order valence-electron chi connectivity index (χ3n) is 1.19. The van der Waals surface area contributed by atoms with Crippen molar-refractivity contribution in [2.24, 2.45) is 0 Å². The van der Waals surface area contributed by atoms with Gasteiger partial charge in [-0.15, -0.1) is 0 Å². The average molecular weight is 169 g/mol. The monoisotopic (exact) mass is 169 g/mol. The van der Waals surface area contributed by atoms with E-state index < -0.39 is 0 Å². The smallest absolute Gasteiger partial charge is 0.129 e.